The molecule has 1 aliphatic heterocycles. The highest BCUT2D eigenvalue weighted by Crippen LogP contribution is 2.31. The monoisotopic (exact) mass is 489 g/mol. The average molecular weight is 490 g/mol. The summed E-state index contributed by atoms with van der Waals surface area (Å²) in [5.41, 5.74) is 7.71. The minimum absolute atomic E-state index is 0.0186. The number of hydrogen-bond acceptors (Lipinski definition) is 6. The Hall–Kier alpha value is -3.43. The first kappa shape index (κ1) is 23.3. The number of thiazole rings is 1. The number of nitrogens with one attached hydrogen (secondary N) is 3. The van der Waals surface area contributed by atoms with Gasteiger partial charge in [0.1, 0.15) is 5.65 Å². The summed E-state index contributed by atoms with van der Waals surface area (Å²) in [5.74, 6) is 0. The number of H-pyrrole nitrogens is 1. The largest absolute Gasteiger partial charge is 0.355 e. The van der Waals surface area contributed by atoms with Crippen molar-refractivity contribution in [2.24, 2.45) is 0 Å². The molecule has 9 heteroatoms. The van der Waals surface area contributed by atoms with Crippen LogP contribution < -0.4 is 10.6 Å². The van der Waals surface area contributed by atoms with Gasteiger partial charge in [-0.15, -0.1) is 11.3 Å². The lowest BCUT2D eigenvalue weighted by Gasteiger charge is -2.34. The summed E-state index contributed by atoms with van der Waals surface area (Å²) in [7, 11) is 4.03. The summed E-state index contributed by atoms with van der Waals surface area (Å²) >= 11 is 1.63. The Balaban J connectivity index is 1.31. The molecule has 1 aromatic carbocycles. The number of carbonyl (C=O) groups is 1. The number of urea groups is 1. The topological polar surface area (TPSA) is 89.2 Å². The molecule has 0 saturated carbocycles. The summed E-state index contributed by atoms with van der Waals surface area (Å²) < 4.78 is 1.15. The zero-order valence-corrected chi connectivity index (χ0v) is 21.4. The minimum Gasteiger partial charge on any atom is -0.355 e. The van der Waals surface area contributed by atoms with Crippen molar-refractivity contribution in [3.8, 4) is 0 Å². The highest BCUT2D eigenvalue weighted by molar-refractivity contribution is 7.16. The Morgan fingerprint density at radius 3 is 2.86 bits per heavy atom. The van der Waals surface area contributed by atoms with Crippen molar-refractivity contribution in [3.63, 3.8) is 0 Å². The predicted octanol–water partition coefficient (Wildman–Crippen LogP) is 5.06. The first-order valence-electron chi connectivity index (χ1n) is 11.8. The van der Waals surface area contributed by atoms with Gasteiger partial charge in [0, 0.05) is 48.1 Å². The second kappa shape index (κ2) is 9.31. The van der Waals surface area contributed by atoms with Crippen molar-refractivity contribution in [1.29, 1.82) is 0 Å². The normalized spacial score (nSPS) is 14.5. The first-order chi connectivity index (χ1) is 16.8. The maximum absolute atomic E-state index is 12.8. The first-order valence-corrected chi connectivity index (χ1v) is 12.6. The second-order valence-corrected chi connectivity index (χ2v) is 10.8. The van der Waals surface area contributed by atoms with Crippen LogP contribution in [0.4, 0.5) is 16.2 Å². The van der Waals surface area contributed by atoms with Gasteiger partial charge in [0.25, 0.3) is 0 Å². The van der Waals surface area contributed by atoms with E-state index in [1.54, 1.807) is 11.3 Å². The van der Waals surface area contributed by atoms with Crippen LogP contribution in [0.5, 0.6) is 0 Å². The smallest absolute Gasteiger partial charge is 0.318 e. The number of amides is 2. The van der Waals surface area contributed by atoms with Crippen LogP contribution in [0.3, 0.4) is 0 Å². The molecule has 0 fully saturated rings. The van der Waals surface area contributed by atoms with E-state index in [0.29, 0.717) is 13.1 Å². The molecule has 0 spiro atoms. The Morgan fingerprint density at radius 2 is 2.09 bits per heavy atom. The van der Waals surface area contributed by atoms with Crippen molar-refractivity contribution >= 4 is 55.6 Å². The van der Waals surface area contributed by atoms with Crippen molar-refractivity contribution in [2.75, 3.05) is 39.0 Å². The lowest BCUT2D eigenvalue weighted by atomic mass is 10.0. The number of aromatic amines is 1. The van der Waals surface area contributed by atoms with E-state index in [0.717, 1.165) is 51.3 Å². The zero-order valence-electron chi connectivity index (χ0n) is 20.6. The van der Waals surface area contributed by atoms with Crippen LogP contribution in [-0.4, -0.2) is 70.1 Å². The summed E-state index contributed by atoms with van der Waals surface area (Å²) in [6, 6.07) is 10.3. The molecular weight excluding hydrogens is 458 g/mol. The van der Waals surface area contributed by atoms with E-state index < -0.39 is 0 Å². The SMILES string of the molecule is CN(C)CC(C)(C)NC(=O)N1CC=C(c2cc3c(Nc4ccc5ncsc5c4)ccnc3[nH]2)CC1. The number of anilines is 2. The third-order valence-corrected chi connectivity index (χ3v) is 6.93. The molecule has 4 aromatic rings. The molecule has 5 rings (SSSR count). The molecule has 8 nitrogen and oxygen atoms in total. The van der Waals surface area contributed by atoms with E-state index in [2.05, 4.69) is 62.5 Å². The van der Waals surface area contributed by atoms with Gasteiger partial charge in [-0.1, -0.05) is 6.08 Å². The highest BCUT2D eigenvalue weighted by atomic mass is 32.1. The number of aromatic nitrogens is 3. The molecule has 0 aliphatic carbocycles. The number of hydrogen-bond donors (Lipinski definition) is 3. The fourth-order valence-electron chi connectivity index (χ4n) is 4.69. The number of likely N-dealkylation sites (N-methyl/N-ethyl adjacent to an activating group) is 1. The second-order valence-electron chi connectivity index (χ2n) is 9.94. The third kappa shape index (κ3) is 5.16. The molecule has 3 aromatic heterocycles. The van der Waals surface area contributed by atoms with Crippen molar-refractivity contribution in [3.05, 3.63) is 53.8 Å². The molecule has 3 N–H and O–H groups in total. The Labute approximate surface area is 209 Å². The van der Waals surface area contributed by atoms with Gasteiger partial charge in [0.2, 0.25) is 0 Å². The van der Waals surface area contributed by atoms with E-state index in [-0.39, 0.29) is 11.6 Å². The molecule has 35 heavy (non-hydrogen) atoms. The van der Waals surface area contributed by atoms with Gasteiger partial charge in [0.05, 0.1) is 21.4 Å². The standard InChI is InChI=1S/C26H31N7OS/c1-26(2,15-32(3)4)31-25(34)33-11-8-17(9-12-33)22-14-19-20(7-10-27-24(19)30-22)29-18-5-6-21-23(13-18)35-16-28-21/h5-8,10,13-14,16H,9,11-12,15H2,1-4H3,(H,31,34)(H2,27,29,30). The maximum atomic E-state index is 12.8. The van der Waals surface area contributed by atoms with E-state index in [9.17, 15) is 4.79 Å². The van der Waals surface area contributed by atoms with Crippen LogP contribution in [0.1, 0.15) is 26.0 Å². The van der Waals surface area contributed by atoms with Gasteiger partial charge in [-0.25, -0.2) is 14.8 Å². The average Bonchev–Trinajstić information content (AvgIpc) is 3.45. The molecular formula is C26H31N7OS. The van der Waals surface area contributed by atoms with Crippen LogP contribution in [0.2, 0.25) is 0 Å². The molecule has 4 heterocycles. The summed E-state index contributed by atoms with van der Waals surface area (Å²) in [6.45, 7) is 6.15. The molecule has 0 radical (unpaired) electrons. The Kier molecular flexibility index (Phi) is 6.21. The van der Waals surface area contributed by atoms with Gasteiger partial charge >= 0.3 is 6.03 Å². The minimum atomic E-state index is -0.290. The number of rotatable bonds is 6. The zero-order chi connectivity index (χ0) is 24.6. The van der Waals surface area contributed by atoms with Crippen LogP contribution in [-0.2, 0) is 0 Å². The number of nitrogens with zero attached hydrogens (tertiary/aromatic N) is 4. The van der Waals surface area contributed by atoms with Gasteiger partial charge in [0.15, 0.2) is 0 Å². The summed E-state index contributed by atoms with van der Waals surface area (Å²) in [4.78, 5) is 29.1. The number of fused-ring (bicyclic) bond motifs is 2. The Morgan fingerprint density at radius 1 is 1.23 bits per heavy atom. The maximum Gasteiger partial charge on any atom is 0.318 e. The van der Waals surface area contributed by atoms with Crippen LogP contribution >= 0.6 is 11.3 Å². The van der Waals surface area contributed by atoms with E-state index in [4.69, 9.17) is 0 Å². The number of pyridine rings is 1. The molecule has 0 saturated heterocycles. The lowest BCUT2D eigenvalue weighted by molar-refractivity contribution is 0.183. The number of benzene rings is 1. The lowest BCUT2D eigenvalue weighted by Crippen LogP contribution is -2.54. The molecule has 182 valence electrons. The molecule has 0 atom stereocenters. The number of carbonyl (C=O) groups excluding carboxylic acids is 1. The molecule has 0 bridgehead atoms. The summed E-state index contributed by atoms with van der Waals surface area (Å²) in [5, 5.41) is 7.74. The van der Waals surface area contributed by atoms with E-state index in [1.165, 1.54) is 5.57 Å². The van der Waals surface area contributed by atoms with Crippen molar-refractivity contribution in [1.82, 2.24) is 30.1 Å². The van der Waals surface area contributed by atoms with Crippen molar-refractivity contribution in [2.45, 2.75) is 25.8 Å². The quantitative estimate of drug-likeness (QED) is 0.352. The summed E-state index contributed by atoms with van der Waals surface area (Å²) in [6.07, 6.45) is 4.74. The molecule has 1 aliphatic rings. The fraction of sp³-hybridized carbons (Fsp3) is 0.346. The van der Waals surface area contributed by atoms with Crippen LogP contribution in [0.25, 0.3) is 26.8 Å². The third-order valence-electron chi connectivity index (χ3n) is 6.14. The van der Waals surface area contributed by atoms with Gasteiger partial charge in [-0.3, -0.25) is 0 Å². The molecule has 2 amide bonds. The van der Waals surface area contributed by atoms with E-state index in [1.807, 2.05) is 48.9 Å². The molecule has 0 unspecified atom stereocenters. The van der Waals surface area contributed by atoms with Gasteiger partial charge in [-0.2, -0.15) is 0 Å². The van der Waals surface area contributed by atoms with Crippen LogP contribution in [0.15, 0.2) is 48.1 Å². The predicted molar refractivity (Wildman–Crippen MR) is 144 cm³/mol. The van der Waals surface area contributed by atoms with Gasteiger partial charge < -0.3 is 25.4 Å². The highest BCUT2D eigenvalue weighted by Gasteiger charge is 2.26. The fourth-order valence-corrected chi connectivity index (χ4v) is 5.41. The van der Waals surface area contributed by atoms with Crippen LogP contribution in [0, 0.1) is 0 Å². The van der Waals surface area contributed by atoms with Gasteiger partial charge in [-0.05, 0) is 70.3 Å². The Bertz CT molecular complexity index is 1400. The van der Waals surface area contributed by atoms with E-state index >= 15 is 0 Å². The van der Waals surface area contributed by atoms with Crippen molar-refractivity contribution < 1.29 is 4.79 Å².